The molecule has 2 atom stereocenters. The van der Waals surface area contributed by atoms with E-state index in [1.807, 2.05) is 0 Å². The summed E-state index contributed by atoms with van der Waals surface area (Å²) in [6.45, 7) is 2.27. The van der Waals surface area contributed by atoms with E-state index in [1.165, 1.54) is 62.2 Å². The van der Waals surface area contributed by atoms with Gasteiger partial charge in [-0.25, -0.2) is 4.98 Å². The molecule has 0 bridgehead atoms. The van der Waals surface area contributed by atoms with Crippen molar-refractivity contribution in [1.29, 1.82) is 0 Å². The molecule has 0 spiro atoms. The van der Waals surface area contributed by atoms with Crippen molar-refractivity contribution in [2.75, 3.05) is 0 Å². The van der Waals surface area contributed by atoms with Crippen molar-refractivity contribution in [2.45, 2.75) is 64.0 Å². The first-order valence-electron chi connectivity index (χ1n) is 6.66. The van der Waals surface area contributed by atoms with Gasteiger partial charge in [0.05, 0.1) is 11.7 Å². The van der Waals surface area contributed by atoms with Crippen LogP contribution in [-0.4, -0.2) is 16.0 Å². The Kier molecular flexibility index (Phi) is 2.72. The van der Waals surface area contributed by atoms with Gasteiger partial charge in [0.1, 0.15) is 5.82 Å². The van der Waals surface area contributed by atoms with E-state index in [2.05, 4.69) is 17.2 Å². The molecule has 1 fully saturated rings. The summed E-state index contributed by atoms with van der Waals surface area (Å²) in [6.07, 6.45) is 8.87. The third-order valence-electron chi connectivity index (χ3n) is 3.92. The topological polar surface area (TPSA) is 40.7 Å². The molecule has 1 aliphatic carbocycles. The molecule has 2 unspecified atom stereocenters. The lowest BCUT2D eigenvalue weighted by Crippen LogP contribution is -2.35. The molecule has 0 saturated carbocycles. The summed E-state index contributed by atoms with van der Waals surface area (Å²) in [5.74, 6) is 1.19. The number of fused-ring (bicyclic) bond motifs is 1. The van der Waals surface area contributed by atoms with Gasteiger partial charge in [0.25, 0.3) is 0 Å². The first kappa shape index (κ1) is 10.3. The summed E-state index contributed by atoms with van der Waals surface area (Å²) in [6, 6.07) is 1.11. The average molecular weight is 219 g/mol. The van der Waals surface area contributed by atoms with Crippen LogP contribution in [0.3, 0.4) is 0 Å². The Hall–Kier alpha value is -0.830. The molecule has 1 aromatic heterocycles. The van der Waals surface area contributed by atoms with Gasteiger partial charge in [-0.15, -0.1) is 0 Å². The Morgan fingerprint density at radius 1 is 1.12 bits per heavy atom. The zero-order valence-corrected chi connectivity index (χ0v) is 10.1. The van der Waals surface area contributed by atoms with Gasteiger partial charge in [-0.3, -0.25) is 0 Å². The normalized spacial score (nSPS) is 30.1. The third-order valence-corrected chi connectivity index (χ3v) is 3.92. The van der Waals surface area contributed by atoms with E-state index in [4.69, 9.17) is 4.98 Å². The number of nitrogens with one attached hydrogen (secondary N) is 2. The fourth-order valence-corrected chi connectivity index (χ4v) is 2.99. The maximum Gasteiger partial charge on any atom is 0.123 e. The Labute approximate surface area is 97.0 Å². The number of aromatic nitrogens is 2. The zero-order chi connectivity index (χ0) is 11.0. The number of rotatable bonds is 1. The molecule has 3 rings (SSSR count). The molecule has 0 amide bonds. The molecule has 2 aliphatic rings. The van der Waals surface area contributed by atoms with Crippen LogP contribution in [0.15, 0.2) is 0 Å². The number of nitrogens with zero attached hydrogens (tertiary/aromatic N) is 1. The van der Waals surface area contributed by atoms with Crippen molar-refractivity contribution < 1.29 is 0 Å². The lowest BCUT2D eigenvalue weighted by molar-refractivity contribution is 0.332. The van der Waals surface area contributed by atoms with Crippen molar-refractivity contribution in [3.8, 4) is 0 Å². The standard InChI is InChI=1S/C13H21N3/c1-9-5-4-8-12(14-9)13-15-10-6-2-3-7-11(10)16-13/h9,12,14H,2-8H2,1H3,(H,15,16). The van der Waals surface area contributed by atoms with Gasteiger partial charge in [0.15, 0.2) is 0 Å². The molecular weight excluding hydrogens is 198 g/mol. The van der Waals surface area contributed by atoms with E-state index in [9.17, 15) is 0 Å². The van der Waals surface area contributed by atoms with E-state index >= 15 is 0 Å². The van der Waals surface area contributed by atoms with Crippen LogP contribution in [0.4, 0.5) is 0 Å². The maximum atomic E-state index is 4.79. The predicted molar refractivity (Wildman–Crippen MR) is 64.4 cm³/mol. The highest BCUT2D eigenvalue weighted by Gasteiger charge is 2.24. The first-order chi connectivity index (χ1) is 7.83. The SMILES string of the molecule is CC1CCCC(c2nc3c([nH]2)CCCC3)N1. The molecule has 3 heteroatoms. The first-order valence-corrected chi connectivity index (χ1v) is 6.66. The number of H-pyrrole nitrogens is 1. The van der Waals surface area contributed by atoms with Crippen LogP contribution in [0.5, 0.6) is 0 Å². The zero-order valence-electron chi connectivity index (χ0n) is 10.1. The maximum absolute atomic E-state index is 4.79. The molecule has 1 saturated heterocycles. The summed E-state index contributed by atoms with van der Waals surface area (Å²) in [7, 11) is 0. The fraction of sp³-hybridized carbons (Fsp3) is 0.769. The van der Waals surface area contributed by atoms with Crippen LogP contribution in [-0.2, 0) is 12.8 Å². The summed E-state index contributed by atoms with van der Waals surface area (Å²) in [4.78, 5) is 8.34. The molecule has 2 N–H and O–H groups in total. The Morgan fingerprint density at radius 2 is 2.00 bits per heavy atom. The second-order valence-corrected chi connectivity index (χ2v) is 5.31. The van der Waals surface area contributed by atoms with Gasteiger partial charge in [0.2, 0.25) is 0 Å². The lowest BCUT2D eigenvalue weighted by atomic mass is 9.99. The molecule has 88 valence electrons. The number of aryl methyl sites for hydroxylation is 2. The van der Waals surface area contributed by atoms with E-state index < -0.39 is 0 Å². The number of hydrogen-bond donors (Lipinski definition) is 2. The minimum absolute atomic E-state index is 0.467. The van der Waals surface area contributed by atoms with Gasteiger partial charge < -0.3 is 10.3 Å². The highest BCUT2D eigenvalue weighted by Crippen LogP contribution is 2.26. The van der Waals surface area contributed by atoms with Crippen molar-refractivity contribution in [2.24, 2.45) is 0 Å². The van der Waals surface area contributed by atoms with Gasteiger partial charge >= 0.3 is 0 Å². The summed E-state index contributed by atoms with van der Waals surface area (Å²) < 4.78 is 0. The van der Waals surface area contributed by atoms with Crippen LogP contribution in [0, 0.1) is 0 Å². The van der Waals surface area contributed by atoms with Crippen molar-refractivity contribution in [3.05, 3.63) is 17.2 Å². The van der Waals surface area contributed by atoms with Crippen LogP contribution in [0.2, 0.25) is 0 Å². The third kappa shape index (κ3) is 1.88. The Morgan fingerprint density at radius 3 is 2.81 bits per heavy atom. The lowest BCUT2D eigenvalue weighted by Gasteiger charge is -2.27. The molecule has 0 aromatic carbocycles. The Bertz CT molecular complexity index is 346. The molecule has 0 radical (unpaired) electrons. The number of aromatic amines is 1. The molecule has 1 aromatic rings. The largest absolute Gasteiger partial charge is 0.344 e. The smallest absolute Gasteiger partial charge is 0.123 e. The van der Waals surface area contributed by atoms with Gasteiger partial charge in [-0.05, 0) is 51.9 Å². The summed E-state index contributed by atoms with van der Waals surface area (Å²) in [5.41, 5.74) is 2.74. The van der Waals surface area contributed by atoms with Crippen LogP contribution in [0.1, 0.15) is 62.3 Å². The molecular formula is C13H21N3. The van der Waals surface area contributed by atoms with Crippen molar-refractivity contribution >= 4 is 0 Å². The predicted octanol–water partition coefficient (Wildman–Crippen LogP) is 2.49. The second-order valence-electron chi connectivity index (χ2n) is 5.31. The summed E-state index contributed by atoms with van der Waals surface area (Å²) in [5, 5.41) is 3.65. The minimum atomic E-state index is 0.467. The van der Waals surface area contributed by atoms with Crippen LogP contribution in [0.25, 0.3) is 0 Å². The number of piperidine rings is 1. The summed E-state index contributed by atoms with van der Waals surface area (Å²) >= 11 is 0. The van der Waals surface area contributed by atoms with Crippen molar-refractivity contribution in [1.82, 2.24) is 15.3 Å². The number of imidazole rings is 1. The Balaban J connectivity index is 1.80. The van der Waals surface area contributed by atoms with Crippen LogP contribution < -0.4 is 5.32 Å². The van der Waals surface area contributed by atoms with E-state index in [0.29, 0.717) is 12.1 Å². The minimum Gasteiger partial charge on any atom is -0.344 e. The molecule has 16 heavy (non-hydrogen) atoms. The van der Waals surface area contributed by atoms with E-state index in [-0.39, 0.29) is 0 Å². The van der Waals surface area contributed by atoms with E-state index in [1.54, 1.807) is 0 Å². The fourth-order valence-electron chi connectivity index (χ4n) is 2.99. The molecule has 3 nitrogen and oxygen atoms in total. The van der Waals surface area contributed by atoms with Gasteiger partial charge in [-0.2, -0.15) is 0 Å². The number of hydrogen-bond acceptors (Lipinski definition) is 2. The highest BCUT2D eigenvalue weighted by molar-refractivity contribution is 5.19. The molecule has 1 aliphatic heterocycles. The quantitative estimate of drug-likeness (QED) is 0.762. The van der Waals surface area contributed by atoms with Gasteiger partial charge in [-0.1, -0.05) is 0 Å². The van der Waals surface area contributed by atoms with Crippen LogP contribution >= 0.6 is 0 Å². The van der Waals surface area contributed by atoms with E-state index in [0.717, 1.165) is 0 Å². The average Bonchev–Trinajstić information content (AvgIpc) is 2.72. The van der Waals surface area contributed by atoms with Gasteiger partial charge in [0, 0.05) is 11.7 Å². The highest BCUT2D eigenvalue weighted by atomic mass is 15.1. The van der Waals surface area contributed by atoms with Crippen molar-refractivity contribution in [3.63, 3.8) is 0 Å². The molecule has 2 heterocycles. The second kappa shape index (κ2) is 4.21. The monoisotopic (exact) mass is 219 g/mol.